The van der Waals surface area contributed by atoms with Crippen molar-refractivity contribution in [1.29, 1.82) is 0 Å². The fourth-order valence-electron chi connectivity index (χ4n) is 1.96. The number of aromatic nitrogens is 1. The second-order valence-corrected chi connectivity index (χ2v) is 5.92. The maximum atomic E-state index is 11.3. The molecule has 0 bridgehead atoms. The van der Waals surface area contributed by atoms with E-state index in [2.05, 4.69) is 23.5 Å². The summed E-state index contributed by atoms with van der Waals surface area (Å²) in [5.74, 6) is -0.307. The van der Waals surface area contributed by atoms with Crippen molar-refractivity contribution in [3.05, 3.63) is 35.9 Å². The molecule has 2 aromatic rings. The Morgan fingerprint density at radius 2 is 2.20 bits per heavy atom. The molecule has 20 heavy (non-hydrogen) atoms. The van der Waals surface area contributed by atoms with E-state index in [4.69, 9.17) is 0 Å². The molecule has 1 unspecified atom stereocenters. The van der Waals surface area contributed by atoms with Crippen molar-refractivity contribution in [2.45, 2.75) is 18.6 Å². The number of hydrogen-bond acceptors (Lipinski definition) is 4. The van der Waals surface area contributed by atoms with E-state index in [9.17, 15) is 9.90 Å². The molecule has 0 amide bonds. The molecule has 0 spiro atoms. The van der Waals surface area contributed by atoms with Gasteiger partial charge in [-0.25, -0.2) is 9.78 Å². The number of carboxylic acids is 1. The fourth-order valence-corrected chi connectivity index (χ4v) is 2.32. The van der Waals surface area contributed by atoms with Crippen LogP contribution in [0.5, 0.6) is 0 Å². The number of nitrogens with zero attached hydrogens (tertiary/aromatic N) is 1. The van der Waals surface area contributed by atoms with Crippen LogP contribution in [0.15, 0.2) is 30.3 Å². The van der Waals surface area contributed by atoms with Crippen molar-refractivity contribution in [2.24, 2.45) is 0 Å². The number of fused-ring (bicyclic) bond motifs is 1. The fraction of sp³-hybridized carbons (Fsp3) is 0.333. The van der Waals surface area contributed by atoms with Crippen LogP contribution < -0.4 is 5.32 Å². The maximum absolute atomic E-state index is 11.3. The first-order chi connectivity index (χ1) is 9.61. The lowest BCUT2D eigenvalue weighted by Crippen LogP contribution is -2.10. The summed E-state index contributed by atoms with van der Waals surface area (Å²) in [4.78, 5) is 15.8. The molecule has 0 aliphatic carbocycles. The zero-order valence-electron chi connectivity index (χ0n) is 11.6. The van der Waals surface area contributed by atoms with Crippen molar-refractivity contribution in [1.82, 2.24) is 4.98 Å². The van der Waals surface area contributed by atoms with Crippen LogP contribution in [0.1, 0.15) is 23.7 Å². The molecule has 0 saturated carbocycles. The van der Waals surface area contributed by atoms with Gasteiger partial charge < -0.3 is 10.4 Å². The number of nitrogens with one attached hydrogen (secondary N) is 1. The minimum atomic E-state index is -0.927. The van der Waals surface area contributed by atoms with E-state index in [0.29, 0.717) is 22.0 Å². The minimum absolute atomic E-state index is 0.288. The van der Waals surface area contributed by atoms with Crippen LogP contribution in [-0.4, -0.2) is 34.1 Å². The van der Waals surface area contributed by atoms with Gasteiger partial charge in [0.2, 0.25) is 0 Å². The van der Waals surface area contributed by atoms with E-state index >= 15 is 0 Å². The van der Waals surface area contributed by atoms with E-state index in [0.717, 1.165) is 13.0 Å². The topological polar surface area (TPSA) is 62.2 Å². The summed E-state index contributed by atoms with van der Waals surface area (Å²) < 4.78 is 0. The SMILES string of the molecule is CSC(C)CCNc1cc(C(=O)O)c2ccccc2n1. The quantitative estimate of drug-likeness (QED) is 0.852. The highest BCUT2D eigenvalue weighted by Gasteiger charge is 2.11. The molecule has 0 aliphatic rings. The van der Waals surface area contributed by atoms with Crippen LogP contribution in [0.3, 0.4) is 0 Å². The first-order valence-corrected chi connectivity index (χ1v) is 7.80. The van der Waals surface area contributed by atoms with Crippen LogP contribution in [0.2, 0.25) is 0 Å². The van der Waals surface area contributed by atoms with Gasteiger partial charge >= 0.3 is 5.97 Å². The third-order valence-corrected chi connectivity index (χ3v) is 4.25. The first kappa shape index (κ1) is 14.7. The number of hydrogen-bond donors (Lipinski definition) is 2. The molecule has 2 rings (SSSR count). The van der Waals surface area contributed by atoms with E-state index in [-0.39, 0.29) is 5.56 Å². The van der Waals surface area contributed by atoms with Gasteiger partial charge in [-0.3, -0.25) is 0 Å². The Balaban J connectivity index is 2.24. The van der Waals surface area contributed by atoms with Crippen molar-refractivity contribution >= 4 is 34.5 Å². The number of thioether (sulfide) groups is 1. The molecule has 0 aliphatic heterocycles. The van der Waals surface area contributed by atoms with E-state index < -0.39 is 5.97 Å². The average Bonchev–Trinajstić information content (AvgIpc) is 2.46. The smallest absolute Gasteiger partial charge is 0.336 e. The van der Waals surface area contributed by atoms with Crippen LogP contribution in [0.25, 0.3) is 10.9 Å². The molecule has 1 heterocycles. The Kier molecular flexibility index (Phi) is 4.84. The standard InChI is InChI=1S/C15H18N2O2S/c1-10(20-2)7-8-16-14-9-12(15(18)19)11-5-3-4-6-13(11)17-14/h3-6,9-10H,7-8H2,1-2H3,(H,16,17)(H,18,19). The van der Waals surface area contributed by atoms with E-state index in [1.54, 1.807) is 12.1 Å². The lowest BCUT2D eigenvalue weighted by atomic mass is 10.1. The van der Waals surface area contributed by atoms with Crippen LogP contribution in [-0.2, 0) is 0 Å². The highest BCUT2D eigenvalue weighted by Crippen LogP contribution is 2.21. The number of para-hydroxylation sites is 1. The summed E-state index contributed by atoms with van der Waals surface area (Å²) in [5, 5.41) is 13.8. The van der Waals surface area contributed by atoms with Gasteiger partial charge in [-0.2, -0.15) is 11.8 Å². The summed E-state index contributed by atoms with van der Waals surface area (Å²) in [6, 6.07) is 8.90. The third kappa shape index (κ3) is 3.42. The molecular formula is C15H18N2O2S. The second kappa shape index (κ2) is 6.61. The average molecular weight is 290 g/mol. The summed E-state index contributed by atoms with van der Waals surface area (Å²) >= 11 is 1.82. The predicted molar refractivity (Wildman–Crippen MR) is 84.8 cm³/mol. The summed E-state index contributed by atoms with van der Waals surface area (Å²) in [5.41, 5.74) is 0.990. The zero-order valence-corrected chi connectivity index (χ0v) is 12.4. The molecule has 1 aromatic carbocycles. The molecular weight excluding hydrogens is 272 g/mol. The number of carboxylic acid groups (broad SMARTS) is 1. The van der Waals surface area contributed by atoms with Crippen molar-refractivity contribution in [2.75, 3.05) is 18.1 Å². The van der Waals surface area contributed by atoms with Gasteiger partial charge in [-0.05, 0) is 24.8 Å². The highest BCUT2D eigenvalue weighted by atomic mass is 32.2. The Morgan fingerprint density at radius 1 is 1.45 bits per heavy atom. The Bertz CT molecular complexity index is 616. The van der Waals surface area contributed by atoms with Crippen molar-refractivity contribution in [3.63, 3.8) is 0 Å². The van der Waals surface area contributed by atoms with E-state index in [1.165, 1.54) is 0 Å². The van der Waals surface area contributed by atoms with Gasteiger partial charge in [-0.15, -0.1) is 0 Å². The van der Waals surface area contributed by atoms with Crippen molar-refractivity contribution in [3.8, 4) is 0 Å². The number of aromatic carboxylic acids is 1. The number of pyridine rings is 1. The molecule has 106 valence electrons. The summed E-state index contributed by atoms with van der Waals surface area (Å²) in [6.45, 7) is 2.95. The highest BCUT2D eigenvalue weighted by molar-refractivity contribution is 7.99. The monoisotopic (exact) mass is 290 g/mol. The Labute approximate surface area is 122 Å². The molecule has 2 N–H and O–H groups in total. The lowest BCUT2D eigenvalue weighted by Gasteiger charge is -2.11. The number of carbonyl (C=O) groups is 1. The molecule has 0 fully saturated rings. The number of benzene rings is 1. The van der Waals surface area contributed by atoms with Gasteiger partial charge in [0.05, 0.1) is 11.1 Å². The molecule has 1 atom stereocenters. The lowest BCUT2D eigenvalue weighted by molar-refractivity contribution is 0.0699. The second-order valence-electron chi connectivity index (χ2n) is 4.64. The van der Waals surface area contributed by atoms with Crippen molar-refractivity contribution < 1.29 is 9.90 Å². The summed E-state index contributed by atoms with van der Waals surface area (Å²) in [7, 11) is 0. The third-order valence-electron chi connectivity index (χ3n) is 3.21. The van der Waals surface area contributed by atoms with Crippen LogP contribution in [0.4, 0.5) is 5.82 Å². The van der Waals surface area contributed by atoms with Gasteiger partial charge in [0.1, 0.15) is 5.82 Å². The Morgan fingerprint density at radius 3 is 2.90 bits per heavy atom. The minimum Gasteiger partial charge on any atom is -0.478 e. The van der Waals surface area contributed by atoms with Crippen LogP contribution >= 0.6 is 11.8 Å². The first-order valence-electron chi connectivity index (χ1n) is 6.51. The van der Waals surface area contributed by atoms with Gasteiger partial charge in [0, 0.05) is 17.2 Å². The molecule has 1 aromatic heterocycles. The largest absolute Gasteiger partial charge is 0.478 e. The summed E-state index contributed by atoms with van der Waals surface area (Å²) in [6.07, 6.45) is 3.10. The normalized spacial score (nSPS) is 12.3. The zero-order chi connectivity index (χ0) is 14.5. The molecule has 4 nitrogen and oxygen atoms in total. The van der Waals surface area contributed by atoms with E-state index in [1.807, 2.05) is 30.0 Å². The Hall–Kier alpha value is -1.75. The molecule has 0 saturated heterocycles. The molecule has 0 radical (unpaired) electrons. The predicted octanol–water partition coefficient (Wildman–Crippen LogP) is 3.49. The molecule has 5 heteroatoms. The van der Waals surface area contributed by atoms with Gasteiger partial charge in [0.15, 0.2) is 0 Å². The van der Waals surface area contributed by atoms with Gasteiger partial charge in [0.25, 0.3) is 0 Å². The maximum Gasteiger partial charge on any atom is 0.336 e. The van der Waals surface area contributed by atoms with Gasteiger partial charge in [-0.1, -0.05) is 25.1 Å². The number of anilines is 1. The van der Waals surface area contributed by atoms with Crippen LogP contribution in [0, 0.1) is 0 Å². The number of rotatable bonds is 6.